The largest absolute Gasteiger partial charge is 0.485 e. The molecule has 0 saturated heterocycles. The summed E-state index contributed by atoms with van der Waals surface area (Å²) in [6, 6.07) is 26.3. The van der Waals surface area contributed by atoms with Gasteiger partial charge in [0.15, 0.2) is 17.3 Å². The first-order valence-electron chi connectivity index (χ1n) is 11.1. The molecule has 0 fully saturated rings. The molecule has 7 nitrogen and oxygen atoms in total. The van der Waals surface area contributed by atoms with Gasteiger partial charge in [0.2, 0.25) is 0 Å². The minimum absolute atomic E-state index is 0.472. The second kappa shape index (κ2) is 11.9. The molecule has 0 aliphatic rings. The van der Waals surface area contributed by atoms with E-state index in [0.717, 1.165) is 40.4 Å². The predicted molar refractivity (Wildman–Crippen MR) is 135 cm³/mol. The van der Waals surface area contributed by atoms with Crippen LogP contribution in [0.2, 0.25) is 0 Å². The molecule has 0 spiro atoms. The second-order valence-electron chi connectivity index (χ2n) is 7.83. The van der Waals surface area contributed by atoms with Gasteiger partial charge in [-0.05, 0) is 45.7 Å². The third-order valence-electron chi connectivity index (χ3n) is 5.24. The molecular weight excluding hydrogens is 446 g/mol. The highest BCUT2D eigenvalue weighted by Crippen LogP contribution is 2.30. The number of thiocarbonyl (C=S) groups is 1. The van der Waals surface area contributed by atoms with E-state index in [1.165, 1.54) is 0 Å². The number of ether oxygens (including phenoxy) is 2. The Morgan fingerprint density at radius 3 is 2.12 bits per heavy atom. The monoisotopic (exact) mass is 473 g/mol. The van der Waals surface area contributed by atoms with Crippen LogP contribution in [0.15, 0.2) is 78.9 Å². The van der Waals surface area contributed by atoms with Gasteiger partial charge in [-0.25, -0.2) is 4.68 Å². The SMILES string of the molecule is Cn1nnnc1CC(=S)NCCc1ccc(OCc2ccccc2)c(OCc2ccccc2)c1. The molecular formula is C26H27N5O2S. The topological polar surface area (TPSA) is 74.1 Å². The van der Waals surface area contributed by atoms with Gasteiger partial charge >= 0.3 is 0 Å². The van der Waals surface area contributed by atoms with Crippen molar-refractivity contribution in [3.05, 3.63) is 101 Å². The summed E-state index contributed by atoms with van der Waals surface area (Å²) < 4.78 is 13.9. The highest BCUT2D eigenvalue weighted by molar-refractivity contribution is 7.80. The normalized spacial score (nSPS) is 10.6. The lowest BCUT2D eigenvalue weighted by Gasteiger charge is -2.15. The van der Waals surface area contributed by atoms with Crippen molar-refractivity contribution >= 4 is 17.2 Å². The molecule has 0 aliphatic heterocycles. The summed E-state index contributed by atoms with van der Waals surface area (Å²) in [4.78, 5) is 0.710. The third kappa shape index (κ3) is 6.86. The fourth-order valence-electron chi connectivity index (χ4n) is 3.36. The fraction of sp³-hybridized carbons (Fsp3) is 0.231. The molecule has 8 heteroatoms. The van der Waals surface area contributed by atoms with E-state index in [1.807, 2.05) is 72.8 Å². The van der Waals surface area contributed by atoms with Crippen LogP contribution in [-0.4, -0.2) is 31.7 Å². The molecule has 0 bridgehead atoms. The minimum Gasteiger partial charge on any atom is -0.485 e. The number of rotatable bonds is 11. The van der Waals surface area contributed by atoms with Gasteiger partial charge in [-0.15, -0.1) is 5.10 Å². The molecule has 0 aliphatic carbocycles. The first-order valence-corrected chi connectivity index (χ1v) is 11.5. The summed E-state index contributed by atoms with van der Waals surface area (Å²) in [5.41, 5.74) is 3.34. The number of tetrazole rings is 1. The molecule has 1 heterocycles. The van der Waals surface area contributed by atoms with E-state index < -0.39 is 0 Å². The Kier molecular flexibility index (Phi) is 8.18. The molecule has 0 unspecified atom stereocenters. The van der Waals surface area contributed by atoms with Gasteiger partial charge in [0.25, 0.3) is 0 Å². The fourth-order valence-corrected chi connectivity index (χ4v) is 3.59. The van der Waals surface area contributed by atoms with Crippen LogP contribution >= 0.6 is 12.2 Å². The highest BCUT2D eigenvalue weighted by Gasteiger charge is 2.10. The number of nitrogens with one attached hydrogen (secondary N) is 1. The van der Waals surface area contributed by atoms with E-state index in [4.69, 9.17) is 21.7 Å². The van der Waals surface area contributed by atoms with Gasteiger partial charge in [0.1, 0.15) is 13.2 Å². The van der Waals surface area contributed by atoms with E-state index >= 15 is 0 Å². The number of nitrogens with zero attached hydrogens (tertiary/aromatic N) is 4. The molecule has 174 valence electrons. The van der Waals surface area contributed by atoms with E-state index in [0.29, 0.717) is 31.2 Å². The zero-order chi connectivity index (χ0) is 23.6. The third-order valence-corrected chi connectivity index (χ3v) is 5.53. The van der Waals surface area contributed by atoms with E-state index in [1.54, 1.807) is 11.7 Å². The maximum atomic E-state index is 6.17. The van der Waals surface area contributed by atoms with Gasteiger partial charge in [-0.3, -0.25) is 0 Å². The van der Waals surface area contributed by atoms with Crippen LogP contribution in [0.4, 0.5) is 0 Å². The van der Waals surface area contributed by atoms with Gasteiger partial charge < -0.3 is 14.8 Å². The zero-order valence-electron chi connectivity index (χ0n) is 19.1. The van der Waals surface area contributed by atoms with Crippen molar-refractivity contribution in [3.63, 3.8) is 0 Å². The van der Waals surface area contributed by atoms with Crippen LogP contribution in [0.3, 0.4) is 0 Å². The lowest BCUT2D eigenvalue weighted by molar-refractivity contribution is 0.255. The first kappa shape index (κ1) is 23.4. The Bertz CT molecular complexity index is 1200. The molecule has 1 aromatic heterocycles. The summed E-state index contributed by atoms with van der Waals surface area (Å²) >= 11 is 5.44. The Hall–Kier alpha value is -3.78. The van der Waals surface area contributed by atoms with Crippen molar-refractivity contribution in [1.82, 2.24) is 25.5 Å². The van der Waals surface area contributed by atoms with Crippen molar-refractivity contribution in [3.8, 4) is 11.5 Å². The molecule has 0 atom stereocenters. The lowest BCUT2D eigenvalue weighted by atomic mass is 10.1. The van der Waals surface area contributed by atoms with Crippen LogP contribution in [0.5, 0.6) is 11.5 Å². The van der Waals surface area contributed by atoms with Crippen LogP contribution in [-0.2, 0) is 33.1 Å². The molecule has 4 aromatic rings. The molecule has 1 N–H and O–H groups in total. The Labute approximate surface area is 204 Å². The second-order valence-corrected chi connectivity index (χ2v) is 8.32. The Balaban J connectivity index is 1.38. The Morgan fingerprint density at radius 1 is 0.853 bits per heavy atom. The van der Waals surface area contributed by atoms with E-state index in [2.05, 4.69) is 26.9 Å². The average molecular weight is 474 g/mol. The summed E-state index contributed by atoms with van der Waals surface area (Å²) in [6.45, 7) is 1.65. The van der Waals surface area contributed by atoms with E-state index in [9.17, 15) is 0 Å². The first-order chi connectivity index (χ1) is 16.7. The van der Waals surface area contributed by atoms with E-state index in [-0.39, 0.29) is 0 Å². The summed E-state index contributed by atoms with van der Waals surface area (Å²) in [5, 5.41) is 14.7. The number of benzene rings is 3. The summed E-state index contributed by atoms with van der Waals surface area (Å²) in [7, 11) is 1.80. The highest BCUT2D eigenvalue weighted by atomic mass is 32.1. The number of aryl methyl sites for hydroxylation is 1. The van der Waals surface area contributed by atoms with Crippen LogP contribution in [0.1, 0.15) is 22.5 Å². The van der Waals surface area contributed by atoms with Gasteiger partial charge in [-0.1, -0.05) is 78.9 Å². The zero-order valence-corrected chi connectivity index (χ0v) is 19.9. The van der Waals surface area contributed by atoms with Gasteiger partial charge in [0.05, 0.1) is 11.4 Å². The molecule has 4 rings (SSSR count). The number of hydrogen-bond acceptors (Lipinski definition) is 6. The Morgan fingerprint density at radius 2 is 1.50 bits per heavy atom. The standard InChI is InChI=1S/C26H27N5O2S/c1-31-25(28-29-30-31)17-26(34)27-15-14-20-12-13-23(32-18-21-8-4-2-5-9-21)24(16-20)33-19-22-10-6-3-7-11-22/h2-13,16H,14-15,17-19H2,1H3,(H,27,34). The van der Waals surface area contributed by atoms with Crippen LogP contribution < -0.4 is 14.8 Å². The average Bonchev–Trinajstić information content (AvgIpc) is 3.27. The maximum Gasteiger partial charge on any atom is 0.161 e. The molecule has 34 heavy (non-hydrogen) atoms. The van der Waals surface area contributed by atoms with Crippen molar-refractivity contribution < 1.29 is 9.47 Å². The minimum atomic E-state index is 0.472. The summed E-state index contributed by atoms with van der Waals surface area (Å²) in [6.07, 6.45) is 1.30. The lowest BCUT2D eigenvalue weighted by Crippen LogP contribution is -2.26. The molecule has 0 amide bonds. The van der Waals surface area contributed by atoms with Crippen molar-refractivity contribution in [1.29, 1.82) is 0 Å². The van der Waals surface area contributed by atoms with Gasteiger partial charge in [0, 0.05) is 13.6 Å². The quantitative estimate of drug-likeness (QED) is 0.329. The van der Waals surface area contributed by atoms with Crippen molar-refractivity contribution in [2.75, 3.05) is 6.54 Å². The van der Waals surface area contributed by atoms with Crippen molar-refractivity contribution in [2.24, 2.45) is 7.05 Å². The predicted octanol–water partition coefficient (Wildman–Crippen LogP) is 4.07. The van der Waals surface area contributed by atoms with Crippen molar-refractivity contribution in [2.45, 2.75) is 26.1 Å². The number of hydrogen-bond donors (Lipinski definition) is 1. The molecule has 0 saturated carbocycles. The smallest absolute Gasteiger partial charge is 0.161 e. The van der Waals surface area contributed by atoms with Crippen LogP contribution in [0.25, 0.3) is 0 Å². The number of aromatic nitrogens is 4. The van der Waals surface area contributed by atoms with Crippen LogP contribution in [0, 0.1) is 0 Å². The molecule has 0 radical (unpaired) electrons. The summed E-state index contributed by atoms with van der Waals surface area (Å²) in [5.74, 6) is 2.18. The molecule has 3 aromatic carbocycles. The van der Waals surface area contributed by atoms with Gasteiger partial charge in [-0.2, -0.15) is 0 Å². The maximum absolute atomic E-state index is 6.17.